The fraction of sp³-hybridized carbons (Fsp3) is 0.154. The Morgan fingerprint density at radius 1 is 0.919 bits per heavy atom. The molecule has 0 saturated heterocycles. The second kappa shape index (κ2) is 10.8. The Morgan fingerprint density at radius 3 is 2.38 bits per heavy atom. The predicted molar refractivity (Wildman–Crippen MR) is 134 cm³/mol. The van der Waals surface area contributed by atoms with Crippen LogP contribution in [0.1, 0.15) is 16.1 Å². The summed E-state index contributed by atoms with van der Waals surface area (Å²) in [6.45, 7) is -0.162. The van der Waals surface area contributed by atoms with Crippen molar-refractivity contribution in [2.75, 3.05) is 26.6 Å². The van der Waals surface area contributed by atoms with Gasteiger partial charge < -0.3 is 19.5 Å². The highest BCUT2D eigenvalue weighted by molar-refractivity contribution is 6.02. The number of aromatic nitrogens is 3. The largest absolute Gasteiger partial charge is 0.497 e. The van der Waals surface area contributed by atoms with Gasteiger partial charge >= 0.3 is 5.69 Å². The van der Waals surface area contributed by atoms with Crippen LogP contribution in [-0.2, 0) is 6.54 Å². The first-order valence-electron chi connectivity index (χ1n) is 11.0. The summed E-state index contributed by atoms with van der Waals surface area (Å²) in [6, 6.07) is 16.6. The molecule has 0 unspecified atom stereocenters. The molecule has 1 heterocycles. The second-order valence-electron chi connectivity index (χ2n) is 7.79. The number of hydrogen-bond acceptors (Lipinski definition) is 7. The minimum absolute atomic E-state index is 0.120. The average molecular weight is 506 g/mol. The van der Waals surface area contributed by atoms with Gasteiger partial charge in [-0.25, -0.2) is 9.18 Å². The third-order valence-corrected chi connectivity index (χ3v) is 5.44. The molecule has 3 aromatic carbocycles. The van der Waals surface area contributed by atoms with E-state index in [-0.39, 0.29) is 17.9 Å². The van der Waals surface area contributed by atoms with Crippen LogP contribution < -0.4 is 30.8 Å². The Morgan fingerprint density at radius 2 is 1.68 bits per heavy atom. The second-order valence-corrected chi connectivity index (χ2v) is 7.79. The van der Waals surface area contributed by atoms with Crippen molar-refractivity contribution < 1.29 is 23.4 Å². The Bertz CT molecular complexity index is 1580. The first kappa shape index (κ1) is 25.2. The predicted octanol–water partition coefficient (Wildman–Crippen LogP) is 2.86. The fourth-order valence-electron chi connectivity index (χ4n) is 3.63. The molecular formula is C26H23FN4O6. The SMILES string of the molecule is COc1cccc(Cn2c(=O)c(C(=O)Nc3cccc(F)c3)nn(-c3ccc(OC)c(OC)c3)c2=O)c1. The van der Waals surface area contributed by atoms with Gasteiger partial charge in [-0.05, 0) is 48.0 Å². The summed E-state index contributed by atoms with van der Waals surface area (Å²) >= 11 is 0. The van der Waals surface area contributed by atoms with Gasteiger partial charge in [-0.2, -0.15) is 9.78 Å². The molecule has 4 aromatic rings. The average Bonchev–Trinajstić information content (AvgIpc) is 2.90. The highest BCUT2D eigenvalue weighted by Gasteiger charge is 2.22. The third kappa shape index (κ3) is 5.35. The minimum atomic E-state index is -0.918. The molecule has 0 radical (unpaired) electrons. The lowest BCUT2D eigenvalue weighted by molar-refractivity contribution is 0.101. The molecule has 1 amide bonds. The van der Waals surface area contributed by atoms with E-state index < -0.39 is 28.7 Å². The lowest BCUT2D eigenvalue weighted by Gasteiger charge is -2.14. The number of carbonyl (C=O) groups excluding carboxylic acids is 1. The van der Waals surface area contributed by atoms with E-state index in [0.717, 1.165) is 15.3 Å². The summed E-state index contributed by atoms with van der Waals surface area (Å²) in [6.07, 6.45) is 0. The van der Waals surface area contributed by atoms with Crippen molar-refractivity contribution in [2.24, 2.45) is 0 Å². The van der Waals surface area contributed by atoms with Crippen molar-refractivity contribution in [3.63, 3.8) is 0 Å². The van der Waals surface area contributed by atoms with E-state index in [2.05, 4.69) is 10.4 Å². The van der Waals surface area contributed by atoms with Gasteiger partial charge in [0, 0.05) is 11.8 Å². The van der Waals surface area contributed by atoms with E-state index in [4.69, 9.17) is 14.2 Å². The number of benzene rings is 3. The van der Waals surface area contributed by atoms with Gasteiger partial charge in [0.15, 0.2) is 11.5 Å². The maximum atomic E-state index is 13.6. The van der Waals surface area contributed by atoms with Gasteiger partial charge in [-0.15, -0.1) is 0 Å². The molecule has 0 fully saturated rings. The Labute approximate surface area is 210 Å². The van der Waals surface area contributed by atoms with E-state index in [1.807, 2.05) is 0 Å². The van der Waals surface area contributed by atoms with Crippen molar-refractivity contribution in [3.8, 4) is 22.9 Å². The van der Waals surface area contributed by atoms with Crippen LogP contribution in [0.4, 0.5) is 10.1 Å². The molecular weight excluding hydrogens is 483 g/mol. The van der Waals surface area contributed by atoms with Crippen molar-refractivity contribution in [1.29, 1.82) is 0 Å². The Hall–Kier alpha value is -4.93. The van der Waals surface area contributed by atoms with Crippen LogP contribution in [0.3, 0.4) is 0 Å². The molecule has 37 heavy (non-hydrogen) atoms. The molecule has 190 valence electrons. The maximum Gasteiger partial charge on any atom is 0.352 e. The molecule has 10 nitrogen and oxygen atoms in total. The van der Waals surface area contributed by atoms with E-state index in [0.29, 0.717) is 22.8 Å². The normalized spacial score (nSPS) is 10.6. The maximum absolute atomic E-state index is 13.6. The summed E-state index contributed by atoms with van der Waals surface area (Å²) < 4.78 is 31.2. The monoisotopic (exact) mass is 506 g/mol. The molecule has 11 heteroatoms. The number of rotatable bonds is 8. The highest BCUT2D eigenvalue weighted by Crippen LogP contribution is 2.28. The van der Waals surface area contributed by atoms with E-state index in [9.17, 15) is 18.8 Å². The quantitative estimate of drug-likeness (QED) is 0.391. The van der Waals surface area contributed by atoms with Crippen LogP contribution in [0.25, 0.3) is 5.69 Å². The van der Waals surface area contributed by atoms with Crippen LogP contribution >= 0.6 is 0 Å². The summed E-state index contributed by atoms with van der Waals surface area (Å²) in [5.74, 6) is -0.234. The van der Waals surface area contributed by atoms with Crippen molar-refractivity contribution in [3.05, 3.63) is 105 Å². The van der Waals surface area contributed by atoms with Crippen LogP contribution in [-0.4, -0.2) is 41.6 Å². The number of halogens is 1. The fourth-order valence-corrected chi connectivity index (χ4v) is 3.63. The zero-order valence-corrected chi connectivity index (χ0v) is 20.2. The molecule has 0 spiro atoms. The topological polar surface area (TPSA) is 114 Å². The van der Waals surface area contributed by atoms with Gasteiger partial charge in [0.25, 0.3) is 11.5 Å². The Kier molecular flexibility index (Phi) is 7.33. The van der Waals surface area contributed by atoms with Crippen LogP contribution in [0.15, 0.2) is 76.3 Å². The van der Waals surface area contributed by atoms with Gasteiger partial charge in [0.1, 0.15) is 11.6 Å². The van der Waals surface area contributed by atoms with Gasteiger partial charge in [0.2, 0.25) is 5.69 Å². The first-order valence-corrected chi connectivity index (χ1v) is 11.0. The minimum Gasteiger partial charge on any atom is -0.497 e. The summed E-state index contributed by atoms with van der Waals surface area (Å²) in [4.78, 5) is 39.9. The number of carbonyl (C=O) groups is 1. The number of amides is 1. The van der Waals surface area contributed by atoms with Crippen LogP contribution in [0, 0.1) is 5.82 Å². The number of hydrogen-bond donors (Lipinski definition) is 1. The number of methoxy groups -OCH3 is 3. The molecule has 0 aliphatic rings. The molecule has 4 rings (SSSR count). The van der Waals surface area contributed by atoms with Crippen LogP contribution in [0.5, 0.6) is 17.2 Å². The number of ether oxygens (including phenoxy) is 3. The van der Waals surface area contributed by atoms with E-state index >= 15 is 0 Å². The number of nitrogens with one attached hydrogen (secondary N) is 1. The Balaban J connectivity index is 1.88. The number of anilines is 1. The molecule has 0 bridgehead atoms. The van der Waals surface area contributed by atoms with Crippen LogP contribution in [0.2, 0.25) is 0 Å². The van der Waals surface area contributed by atoms with Crippen molar-refractivity contribution in [1.82, 2.24) is 14.3 Å². The summed E-state index contributed by atoms with van der Waals surface area (Å²) in [5.41, 5.74) is -1.35. The molecule has 1 aromatic heterocycles. The van der Waals surface area contributed by atoms with E-state index in [1.54, 1.807) is 30.3 Å². The highest BCUT2D eigenvalue weighted by atomic mass is 19.1. The summed E-state index contributed by atoms with van der Waals surface area (Å²) in [7, 11) is 4.39. The molecule has 0 saturated carbocycles. The lowest BCUT2D eigenvalue weighted by Crippen LogP contribution is -2.45. The zero-order valence-electron chi connectivity index (χ0n) is 20.2. The number of nitrogens with zero attached hydrogens (tertiary/aromatic N) is 3. The van der Waals surface area contributed by atoms with Gasteiger partial charge in [-0.1, -0.05) is 18.2 Å². The standard InChI is InChI=1S/C26H23FN4O6/c1-35-20-9-4-6-16(12-20)15-30-25(33)23(24(32)28-18-8-5-7-17(27)13-18)29-31(26(30)34)19-10-11-21(36-2)22(14-19)37-3/h4-14H,15H2,1-3H3,(H,28,32). The molecule has 0 aliphatic heterocycles. The smallest absolute Gasteiger partial charge is 0.352 e. The van der Waals surface area contributed by atoms with Crippen molar-refractivity contribution in [2.45, 2.75) is 6.54 Å². The molecule has 1 N–H and O–H groups in total. The van der Waals surface area contributed by atoms with Gasteiger partial charge in [0.05, 0.1) is 33.6 Å². The first-order chi connectivity index (χ1) is 17.8. The van der Waals surface area contributed by atoms with Crippen molar-refractivity contribution >= 4 is 11.6 Å². The molecule has 0 aliphatic carbocycles. The van der Waals surface area contributed by atoms with E-state index in [1.165, 1.54) is 51.7 Å². The van der Waals surface area contributed by atoms with Gasteiger partial charge in [-0.3, -0.25) is 14.2 Å². The lowest BCUT2D eigenvalue weighted by atomic mass is 10.2. The summed E-state index contributed by atoms with van der Waals surface area (Å²) in [5, 5.41) is 6.52. The molecule has 0 atom stereocenters. The zero-order chi connectivity index (χ0) is 26.5. The third-order valence-electron chi connectivity index (χ3n) is 5.44.